The van der Waals surface area contributed by atoms with Crippen LogP contribution in [-0.2, 0) is 14.3 Å². The molecule has 0 aromatic heterocycles. The van der Waals surface area contributed by atoms with E-state index in [0.29, 0.717) is 17.0 Å². The van der Waals surface area contributed by atoms with Gasteiger partial charge in [-0.3, -0.25) is 4.79 Å². The standard InChI is InChI=1S/C12H9ClO3/c13-10-3-1-2-8(7-10)6-9-4-5-11(14)16-12(9)15/h1-3,6-7H,4-5H2/b9-6+. The van der Waals surface area contributed by atoms with Gasteiger partial charge in [0, 0.05) is 10.6 Å². The van der Waals surface area contributed by atoms with Crippen molar-refractivity contribution < 1.29 is 14.3 Å². The molecule has 0 spiro atoms. The minimum Gasteiger partial charge on any atom is -0.390 e. The van der Waals surface area contributed by atoms with Crippen LogP contribution in [-0.4, -0.2) is 11.9 Å². The van der Waals surface area contributed by atoms with Gasteiger partial charge in [0.15, 0.2) is 0 Å². The van der Waals surface area contributed by atoms with E-state index in [-0.39, 0.29) is 6.42 Å². The molecule has 0 aliphatic carbocycles. The zero-order chi connectivity index (χ0) is 11.5. The molecule has 1 aliphatic rings. The van der Waals surface area contributed by atoms with Gasteiger partial charge in [-0.1, -0.05) is 23.7 Å². The van der Waals surface area contributed by atoms with Gasteiger partial charge < -0.3 is 4.74 Å². The number of carbonyl (C=O) groups excluding carboxylic acids is 2. The molecular formula is C12H9ClO3. The normalized spacial score (nSPS) is 18.7. The Morgan fingerprint density at radius 1 is 1.25 bits per heavy atom. The van der Waals surface area contributed by atoms with Crippen molar-refractivity contribution in [3.63, 3.8) is 0 Å². The van der Waals surface area contributed by atoms with E-state index in [1.54, 1.807) is 24.3 Å². The molecule has 2 rings (SSSR count). The van der Waals surface area contributed by atoms with Gasteiger partial charge in [-0.25, -0.2) is 4.79 Å². The van der Waals surface area contributed by atoms with Crippen molar-refractivity contribution in [2.24, 2.45) is 0 Å². The third-order valence-electron chi connectivity index (χ3n) is 2.26. The summed E-state index contributed by atoms with van der Waals surface area (Å²) >= 11 is 5.82. The largest absolute Gasteiger partial charge is 0.390 e. The molecule has 0 saturated carbocycles. The Labute approximate surface area is 97.7 Å². The van der Waals surface area contributed by atoms with Crippen LogP contribution in [0.25, 0.3) is 6.08 Å². The average Bonchev–Trinajstić information content (AvgIpc) is 2.22. The highest BCUT2D eigenvalue weighted by Gasteiger charge is 2.22. The van der Waals surface area contributed by atoms with Gasteiger partial charge in [0.1, 0.15) is 0 Å². The van der Waals surface area contributed by atoms with Crippen molar-refractivity contribution in [3.05, 3.63) is 40.4 Å². The van der Waals surface area contributed by atoms with Crippen LogP contribution in [0.15, 0.2) is 29.8 Å². The average molecular weight is 237 g/mol. The first-order valence-corrected chi connectivity index (χ1v) is 5.24. The van der Waals surface area contributed by atoms with Gasteiger partial charge >= 0.3 is 11.9 Å². The van der Waals surface area contributed by atoms with E-state index >= 15 is 0 Å². The zero-order valence-electron chi connectivity index (χ0n) is 8.40. The van der Waals surface area contributed by atoms with E-state index in [2.05, 4.69) is 4.74 Å². The van der Waals surface area contributed by atoms with Crippen LogP contribution in [0.3, 0.4) is 0 Å². The fourth-order valence-electron chi connectivity index (χ4n) is 1.49. The molecule has 3 nitrogen and oxygen atoms in total. The predicted octanol–water partition coefficient (Wildman–Crippen LogP) is 2.59. The van der Waals surface area contributed by atoms with E-state index in [1.165, 1.54) is 0 Å². The van der Waals surface area contributed by atoms with E-state index in [0.717, 1.165) is 5.56 Å². The summed E-state index contributed by atoms with van der Waals surface area (Å²) in [6, 6.07) is 7.14. The highest BCUT2D eigenvalue weighted by atomic mass is 35.5. The lowest BCUT2D eigenvalue weighted by Crippen LogP contribution is -2.20. The maximum absolute atomic E-state index is 11.3. The lowest BCUT2D eigenvalue weighted by atomic mass is 10.0. The fourth-order valence-corrected chi connectivity index (χ4v) is 1.69. The lowest BCUT2D eigenvalue weighted by Gasteiger charge is -2.11. The Hall–Kier alpha value is -1.61. The summed E-state index contributed by atoms with van der Waals surface area (Å²) in [6.45, 7) is 0. The van der Waals surface area contributed by atoms with Gasteiger partial charge in [0.05, 0.1) is 6.42 Å². The molecule has 0 atom stereocenters. The van der Waals surface area contributed by atoms with Crippen LogP contribution in [0.1, 0.15) is 18.4 Å². The summed E-state index contributed by atoms with van der Waals surface area (Å²) in [4.78, 5) is 22.2. The first kappa shape index (κ1) is 10.9. The number of rotatable bonds is 1. The molecule has 0 radical (unpaired) electrons. The zero-order valence-corrected chi connectivity index (χ0v) is 9.16. The SMILES string of the molecule is O=C1CC/C(=C\c2cccc(Cl)c2)C(=O)O1. The summed E-state index contributed by atoms with van der Waals surface area (Å²) in [6.07, 6.45) is 2.36. The van der Waals surface area contributed by atoms with Crippen LogP contribution in [0, 0.1) is 0 Å². The number of carbonyl (C=O) groups is 2. The second kappa shape index (κ2) is 4.49. The maximum atomic E-state index is 11.3. The number of benzene rings is 1. The van der Waals surface area contributed by atoms with Crippen LogP contribution < -0.4 is 0 Å². The molecule has 1 heterocycles. The maximum Gasteiger partial charge on any atom is 0.341 e. The number of esters is 2. The van der Waals surface area contributed by atoms with Crippen LogP contribution in [0.5, 0.6) is 0 Å². The molecule has 1 aromatic carbocycles. The van der Waals surface area contributed by atoms with Crippen molar-refractivity contribution in [3.8, 4) is 0 Å². The molecule has 0 N–H and O–H groups in total. The van der Waals surface area contributed by atoms with Crippen molar-refractivity contribution in [2.45, 2.75) is 12.8 Å². The molecule has 1 saturated heterocycles. The highest BCUT2D eigenvalue weighted by molar-refractivity contribution is 6.30. The van der Waals surface area contributed by atoms with Gasteiger partial charge in [-0.05, 0) is 30.2 Å². The molecule has 4 heteroatoms. The van der Waals surface area contributed by atoms with Gasteiger partial charge in [-0.2, -0.15) is 0 Å². The smallest absolute Gasteiger partial charge is 0.341 e. The molecule has 0 bridgehead atoms. The first-order chi connectivity index (χ1) is 7.65. The number of hydrogen-bond acceptors (Lipinski definition) is 3. The number of cyclic esters (lactones) is 2. The third kappa shape index (κ3) is 2.49. The Kier molecular flexibility index (Phi) is 3.06. The van der Waals surface area contributed by atoms with E-state index in [9.17, 15) is 9.59 Å². The van der Waals surface area contributed by atoms with E-state index in [4.69, 9.17) is 11.6 Å². The summed E-state index contributed by atoms with van der Waals surface area (Å²) < 4.78 is 4.52. The van der Waals surface area contributed by atoms with Crippen LogP contribution in [0.2, 0.25) is 5.02 Å². The number of ether oxygens (including phenoxy) is 1. The van der Waals surface area contributed by atoms with E-state index < -0.39 is 11.9 Å². The molecular weight excluding hydrogens is 228 g/mol. The topological polar surface area (TPSA) is 43.4 Å². The van der Waals surface area contributed by atoms with Gasteiger partial charge in [0.2, 0.25) is 0 Å². The Morgan fingerprint density at radius 3 is 2.75 bits per heavy atom. The van der Waals surface area contributed by atoms with Gasteiger partial charge in [0.25, 0.3) is 0 Å². The molecule has 1 aromatic rings. The summed E-state index contributed by atoms with van der Waals surface area (Å²) in [5.41, 5.74) is 1.33. The first-order valence-electron chi connectivity index (χ1n) is 4.86. The summed E-state index contributed by atoms with van der Waals surface area (Å²) in [5, 5.41) is 0.606. The Morgan fingerprint density at radius 2 is 2.06 bits per heavy atom. The molecule has 0 unspecified atom stereocenters. The second-order valence-corrected chi connectivity index (χ2v) is 3.92. The molecule has 0 amide bonds. The second-order valence-electron chi connectivity index (χ2n) is 3.49. The summed E-state index contributed by atoms with van der Waals surface area (Å²) in [5.74, 6) is -1.02. The molecule has 1 fully saturated rings. The molecule has 1 aliphatic heterocycles. The Balaban J connectivity index is 2.24. The predicted molar refractivity (Wildman–Crippen MR) is 59.8 cm³/mol. The third-order valence-corrected chi connectivity index (χ3v) is 2.49. The van der Waals surface area contributed by atoms with E-state index in [1.807, 2.05) is 6.07 Å². The van der Waals surface area contributed by atoms with Crippen molar-refractivity contribution >= 4 is 29.6 Å². The molecule has 82 valence electrons. The van der Waals surface area contributed by atoms with Crippen molar-refractivity contribution in [1.82, 2.24) is 0 Å². The highest BCUT2D eigenvalue weighted by Crippen LogP contribution is 2.20. The van der Waals surface area contributed by atoms with Crippen LogP contribution >= 0.6 is 11.6 Å². The fraction of sp³-hybridized carbons (Fsp3) is 0.167. The quantitative estimate of drug-likeness (QED) is 0.428. The minimum absolute atomic E-state index is 0.248. The number of hydrogen-bond donors (Lipinski definition) is 0. The van der Waals surface area contributed by atoms with Gasteiger partial charge in [-0.15, -0.1) is 0 Å². The Bertz CT molecular complexity index is 477. The minimum atomic E-state index is -0.559. The molecule has 16 heavy (non-hydrogen) atoms. The summed E-state index contributed by atoms with van der Waals surface area (Å²) in [7, 11) is 0. The van der Waals surface area contributed by atoms with Crippen molar-refractivity contribution in [2.75, 3.05) is 0 Å². The lowest BCUT2D eigenvalue weighted by molar-refractivity contribution is -0.159. The van der Waals surface area contributed by atoms with Crippen molar-refractivity contribution in [1.29, 1.82) is 0 Å². The van der Waals surface area contributed by atoms with Crippen LogP contribution in [0.4, 0.5) is 0 Å². The monoisotopic (exact) mass is 236 g/mol. The number of halogens is 1.